The molecule has 0 unspecified atom stereocenters. The van der Waals surface area contributed by atoms with Crippen LogP contribution in [0.5, 0.6) is 0 Å². The van der Waals surface area contributed by atoms with Crippen LogP contribution in [0.4, 0.5) is 0 Å². The van der Waals surface area contributed by atoms with Gasteiger partial charge >= 0.3 is 5.97 Å². The summed E-state index contributed by atoms with van der Waals surface area (Å²) < 4.78 is 1.93. The van der Waals surface area contributed by atoms with Gasteiger partial charge in [-0.05, 0) is 18.9 Å². The summed E-state index contributed by atoms with van der Waals surface area (Å²) in [6, 6.07) is 8.02. The fourth-order valence-corrected chi connectivity index (χ4v) is 1.74. The molecule has 2 rings (SSSR count). The molecule has 1 aromatic carbocycles. The Labute approximate surface area is 93.5 Å². The number of aromatic nitrogens is 2. The highest BCUT2D eigenvalue weighted by atomic mass is 16.4. The fourth-order valence-electron chi connectivity index (χ4n) is 1.74. The number of carboxylic acid groups (broad SMARTS) is 1. The van der Waals surface area contributed by atoms with Crippen molar-refractivity contribution in [1.82, 2.24) is 9.78 Å². The van der Waals surface area contributed by atoms with Gasteiger partial charge in [-0.15, -0.1) is 0 Å². The summed E-state index contributed by atoms with van der Waals surface area (Å²) in [6.07, 6.45) is 3.62. The zero-order valence-corrected chi connectivity index (χ0v) is 8.97. The molecule has 16 heavy (non-hydrogen) atoms. The maximum Gasteiger partial charge on any atom is 0.303 e. The molecule has 84 valence electrons. The standard InChI is InChI=1S/C12H14N2O2/c15-12(16)7-3-4-8-14-11-6-2-1-5-10(11)9-13-14/h1-2,5-6,9H,3-4,7-8H2,(H,15,16). The van der Waals surface area contributed by atoms with Crippen molar-refractivity contribution in [3.63, 3.8) is 0 Å². The van der Waals surface area contributed by atoms with E-state index >= 15 is 0 Å². The van der Waals surface area contributed by atoms with E-state index in [0.717, 1.165) is 23.9 Å². The van der Waals surface area contributed by atoms with E-state index in [-0.39, 0.29) is 6.42 Å². The Morgan fingerprint density at radius 2 is 2.12 bits per heavy atom. The van der Waals surface area contributed by atoms with Crippen LogP contribution in [0.15, 0.2) is 30.5 Å². The van der Waals surface area contributed by atoms with Crippen molar-refractivity contribution in [2.75, 3.05) is 0 Å². The zero-order chi connectivity index (χ0) is 11.4. The van der Waals surface area contributed by atoms with Crippen LogP contribution >= 0.6 is 0 Å². The minimum atomic E-state index is -0.731. The summed E-state index contributed by atoms with van der Waals surface area (Å²) in [7, 11) is 0. The normalized spacial score (nSPS) is 10.8. The van der Waals surface area contributed by atoms with E-state index in [4.69, 9.17) is 5.11 Å². The topological polar surface area (TPSA) is 55.1 Å². The molecule has 0 saturated heterocycles. The number of hydrogen-bond acceptors (Lipinski definition) is 2. The van der Waals surface area contributed by atoms with Gasteiger partial charge < -0.3 is 5.11 Å². The van der Waals surface area contributed by atoms with Crippen LogP contribution in [0.2, 0.25) is 0 Å². The number of rotatable bonds is 5. The number of hydrogen-bond donors (Lipinski definition) is 1. The molecule has 4 heteroatoms. The van der Waals surface area contributed by atoms with E-state index in [0.29, 0.717) is 6.42 Å². The third-order valence-electron chi connectivity index (χ3n) is 2.56. The number of carbonyl (C=O) groups is 1. The molecular weight excluding hydrogens is 204 g/mol. The molecule has 1 aromatic heterocycles. The largest absolute Gasteiger partial charge is 0.481 e. The number of para-hydroxylation sites is 1. The molecule has 0 amide bonds. The first-order valence-corrected chi connectivity index (χ1v) is 5.40. The molecule has 2 aromatic rings. The maximum atomic E-state index is 10.4. The minimum absolute atomic E-state index is 0.235. The summed E-state index contributed by atoms with van der Waals surface area (Å²) in [5, 5.41) is 13.9. The monoisotopic (exact) mass is 218 g/mol. The summed E-state index contributed by atoms with van der Waals surface area (Å²) in [4.78, 5) is 10.4. The Kier molecular flexibility index (Phi) is 3.19. The van der Waals surface area contributed by atoms with Gasteiger partial charge in [0.05, 0.1) is 11.7 Å². The number of fused-ring (bicyclic) bond motifs is 1. The van der Waals surface area contributed by atoms with Gasteiger partial charge in [-0.2, -0.15) is 5.10 Å². The Bertz CT molecular complexity index is 490. The second-order valence-electron chi connectivity index (χ2n) is 3.78. The third kappa shape index (κ3) is 2.39. The highest BCUT2D eigenvalue weighted by Crippen LogP contribution is 2.13. The first kappa shape index (κ1) is 10.7. The van der Waals surface area contributed by atoms with Gasteiger partial charge in [-0.3, -0.25) is 9.48 Å². The highest BCUT2D eigenvalue weighted by molar-refractivity contribution is 5.78. The van der Waals surface area contributed by atoms with Crippen molar-refractivity contribution in [3.05, 3.63) is 30.5 Å². The Morgan fingerprint density at radius 3 is 2.94 bits per heavy atom. The molecule has 0 fully saturated rings. The second kappa shape index (κ2) is 4.79. The fraction of sp³-hybridized carbons (Fsp3) is 0.333. The van der Waals surface area contributed by atoms with Crippen molar-refractivity contribution in [2.45, 2.75) is 25.8 Å². The van der Waals surface area contributed by atoms with Crippen LogP contribution < -0.4 is 0 Å². The summed E-state index contributed by atoms with van der Waals surface area (Å²) in [5.74, 6) is -0.731. The van der Waals surface area contributed by atoms with Gasteiger partial charge in [0, 0.05) is 18.4 Å². The van der Waals surface area contributed by atoms with E-state index in [2.05, 4.69) is 5.10 Å². The Morgan fingerprint density at radius 1 is 1.31 bits per heavy atom. The van der Waals surface area contributed by atoms with Crippen molar-refractivity contribution in [1.29, 1.82) is 0 Å². The van der Waals surface area contributed by atoms with Crippen molar-refractivity contribution < 1.29 is 9.90 Å². The van der Waals surface area contributed by atoms with E-state index < -0.39 is 5.97 Å². The van der Waals surface area contributed by atoms with Crippen LogP contribution in [0.3, 0.4) is 0 Å². The third-order valence-corrected chi connectivity index (χ3v) is 2.56. The lowest BCUT2D eigenvalue weighted by atomic mass is 10.2. The van der Waals surface area contributed by atoms with E-state index in [9.17, 15) is 4.79 Å². The number of unbranched alkanes of at least 4 members (excludes halogenated alkanes) is 1. The highest BCUT2D eigenvalue weighted by Gasteiger charge is 2.01. The van der Waals surface area contributed by atoms with Gasteiger partial charge in [-0.25, -0.2) is 0 Å². The summed E-state index contributed by atoms with van der Waals surface area (Å²) in [5.41, 5.74) is 1.11. The lowest BCUT2D eigenvalue weighted by Gasteiger charge is -2.02. The quantitative estimate of drug-likeness (QED) is 0.783. The molecule has 0 aliphatic rings. The number of aliphatic carboxylic acids is 1. The predicted octanol–water partition coefficient (Wildman–Crippen LogP) is 2.29. The van der Waals surface area contributed by atoms with Crippen LogP contribution in [-0.2, 0) is 11.3 Å². The van der Waals surface area contributed by atoms with Crippen molar-refractivity contribution in [2.24, 2.45) is 0 Å². The van der Waals surface area contributed by atoms with Crippen molar-refractivity contribution >= 4 is 16.9 Å². The van der Waals surface area contributed by atoms with Crippen LogP contribution in [0.1, 0.15) is 19.3 Å². The second-order valence-corrected chi connectivity index (χ2v) is 3.78. The van der Waals surface area contributed by atoms with Crippen LogP contribution in [0.25, 0.3) is 10.9 Å². The average molecular weight is 218 g/mol. The molecule has 0 spiro atoms. The van der Waals surface area contributed by atoms with Gasteiger partial charge in [0.15, 0.2) is 0 Å². The maximum absolute atomic E-state index is 10.4. The smallest absolute Gasteiger partial charge is 0.303 e. The zero-order valence-electron chi connectivity index (χ0n) is 8.97. The Balaban J connectivity index is 1.97. The molecule has 1 N–H and O–H groups in total. The van der Waals surface area contributed by atoms with Gasteiger partial charge in [0.2, 0.25) is 0 Å². The number of carboxylic acids is 1. The van der Waals surface area contributed by atoms with Gasteiger partial charge in [0.1, 0.15) is 0 Å². The molecule has 0 atom stereocenters. The molecule has 4 nitrogen and oxygen atoms in total. The molecule has 0 bridgehead atoms. The summed E-state index contributed by atoms with van der Waals surface area (Å²) in [6.45, 7) is 0.779. The number of nitrogens with zero attached hydrogens (tertiary/aromatic N) is 2. The molecule has 0 radical (unpaired) electrons. The first-order chi connectivity index (χ1) is 7.77. The minimum Gasteiger partial charge on any atom is -0.481 e. The van der Waals surface area contributed by atoms with E-state index in [1.807, 2.05) is 35.1 Å². The number of aryl methyl sites for hydroxylation is 1. The van der Waals surface area contributed by atoms with Gasteiger partial charge in [-0.1, -0.05) is 18.2 Å². The SMILES string of the molecule is O=C(O)CCCCn1ncc2ccccc21. The van der Waals surface area contributed by atoms with Crippen LogP contribution in [-0.4, -0.2) is 20.9 Å². The molecule has 0 aliphatic carbocycles. The first-order valence-electron chi connectivity index (χ1n) is 5.40. The lowest BCUT2D eigenvalue weighted by molar-refractivity contribution is -0.137. The van der Waals surface area contributed by atoms with Gasteiger partial charge in [0.25, 0.3) is 0 Å². The predicted molar refractivity (Wildman–Crippen MR) is 61.2 cm³/mol. The van der Waals surface area contributed by atoms with E-state index in [1.165, 1.54) is 0 Å². The summed E-state index contributed by atoms with van der Waals surface area (Å²) >= 11 is 0. The number of benzene rings is 1. The Hall–Kier alpha value is -1.84. The molecule has 0 saturated carbocycles. The van der Waals surface area contributed by atoms with Crippen molar-refractivity contribution in [3.8, 4) is 0 Å². The lowest BCUT2D eigenvalue weighted by Crippen LogP contribution is -2.01. The molecule has 1 heterocycles. The van der Waals surface area contributed by atoms with E-state index in [1.54, 1.807) is 0 Å². The molecular formula is C12H14N2O2. The average Bonchev–Trinajstić information content (AvgIpc) is 2.68. The molecule has 0 aliphatic heterocycles. The van der Waals surface area contributed by atoms with Crippen LogP contribution in [0, 0.1) is 0 Å².